The molecule has 3 rings (SSSR count). The number of aromatic nitrogens is 2. The van der Waals surface area contributed by atoms with Crippen LogP contribution in [0.5, 0.6) is 0 Å². The fourth-order valence-corrected chi connectivity index (χ4v) is 2.68. The number of benzene rings is 1. The van der Waals surface area contributed by atoms with Crippen molar-refractivity contribution in [1.82, 2.24) is 15.5 Å². The van der Waals surface area contributed by atoms with Crippen LogP contribution >= 0.6 is 0 Å². The predicted octanol–water partition coefficient (Wildman–Crippen LogP) is 0.908. The van der Waals surface area contributed by atoms with Crippen LogP contribution < -0.4 is 11.1 Å². The van der Waals surface area contributed by atoms with Crippen molar-refractivity contribution in [3.05, 3.63) is 48.2 Å². The summed E-state index contributed by atoms with van der Waals surface area (Å²) in [6.07, 6.45) is 2.09. The van der Waals surface area contributed by atoms with E-state index in [0.717, 1.165) is 5.56 Å². The van der Waals surface area contributed by atoms with Crippen molar-refractivity contribution >= 4 is 11.8 Å². The number of rotatable bonds is 4. The van der Waals surface area contributed by atoms with Gasteiger partial charge in [-0.15, -0.1) is 0 Å². The maximum Gasteiger partial charge on any atom is 0.253 e. The second-order valence-corrected chi connectivity index (χ2v) is 5.71. The van der Waals surface area contributed by atoms with Gasteiger partial charge < -0.3 is 15.8 Å². The molecule has 7 nitrogen and oxygen atoms in total. The van der Waals surface area contributed by atoms with E-state index in [1.807, 2.05) is 30.3 Å². The molecule has 0 bridgehead atoms. The molecule has 0 spiro atoms. The number of nitrogens with two attached hydrogens (primary N) is 1. The highest BCUT2D eigenvalue weighted by molar-refractivity contribution is 5.99. The number of primary amides is 1. The fourth-order valence-electron chi connectivity index (χ4n) is 2.68. The lowest BCUT2D eigenvalue weighted by molar-refractivity contribution is -0.127. The minimum absolute atomic E-state index is 0.330. The summed E-state index contributed by atoms with van der Waals surface area (Å²) in [6.45, 7) is 0.764. The van der Waals surface area contributed by atoms with Crippen LogP contribution in [0.2, 0.25) is 0 Å². The number of hydrogen-bond donors (Lipinski definition) is 2. The molecule has 0 radical (unpaired) electrons. The van der Waals surface area contributed by atoms with Crippen LogP contribution in [0.15, 0.2) is 42.6 Å². The Bertz CT molecular complexity index is 743. The summed E-state index contributed by atoms with van der Waals surface area (Å²) < 4.78 is 5.26. The molecule has 0 atom stereocenters. The molecule has 7 heteroatoms. The average Bonchev–Trinajstić information content (AvgIpc) is 2.63. The highest BCUT2D eigenvalue weighted by atomic mass is 16.5. The molecule has 1 aliphatic heterocycles. The van der Waals surface area contributed by atoms with Crippen molar-refractivity contribution in [2.45, 2.75) is 18.4 Å². The Morgan fingerprint density at radius 3 is 2.54 bits per heavy atom. The van der Waals surface area contributed by atoms with Gasteiger partial charge in [0.2, 0.25) is 5.91 Å². The Hall–Kier alpha value is -2.80. The molecular formula is C17H18N4O3. The van der Waals surface area contributed by atoms with Crippen LogP contribution in [-0.2, 0) is 9.53 Å². The SMILES string of the molecule is NC(=O)C1(NC(=O)c2cnnc(-c3ccccc3)c2)CCOCC1. The number of amides is 2. The van der Waals surface area contributed by atoms with Gasteiger partial charge in [-0.3, -0.25) is 9.59 Å². The van der Waals surface area contributed by atoms with Crippen molar-refractivity contribution in [3.63, 3.8) is 0 Å². The van der Waals surface area contributed by atoms with E-state index in [-0.39, 0.29) is 0 Å². The van der Waals surface area contributed by atoms with E-state index in [9.17, 15) is 9.59 Å². The summed E-state index contributed by atoms with van der Waals surface area (Å²) in [5.74, 6) is -0.952. The van der Waals surface area contributed by atoms with Crippen LogP contribution in [0.4, 0.5) is 0 Å². The van der Waals surface area contributed by atoms with Crippen LogP contribution in [0.1, 0.15) is 23.2 Å². The minimum Gasteiger partial charge on any atom is -0.381 e. The van der Waals surface area contributed by atoms with Crippen molar-refractivity contribution in [2.24, 2.45) is 5.73 Å². The van der Waals surface area contributed by atoms with Gasteiger partial charge in [-0.1, -0.05) is 30.3 Å². The summed E-state index contributed by atoms with van der Waals surface area (Å²) in [7, 11) is 0. The lowest BCUT2D eigenvalue weighted by Crippen LogP contribution is -2.60. The van der Waals surface area contributed by atoms with Crippen LogP contribution in [0.25, 0.3) is 11.3 Å². The van der Waals surface area contributed by atoms with E-state index in [4.69, 9.17) is 10.5 Å². The van der Waals surface area contributed by atoms with E-state index in [1.165, 1.54) is 6.20 Å². The third kappa shape index (κ3) is 3.26. The number of ether oxygens (including phenoxy) is 1. The first-order valence-electron chi connectivity index (χ1n) is 7.69. The highest BCUT2D eigenvalue weighted by Crippen LogP contribution is 2.22. The summed E-state index contributed by atoms with van der Waals surface area (Å²) >= 11 is 0. The zero-order valence-electron chi connectivity index (χ0n) is 13.1. The Balaban J connectivity index is 1.84. The zero-order valence-corrected chi connectivity index (χ0v) is 13.1. The molecule has 1 fully saturated rings. The van der Waals surface area contributed by atoms with Gasteiger partial charge in [0.05, 0.1) is 17.5 Å². The standard InChI is InChI=1S/C17H18N4O3/c18-16(23)17(6-8-24-9-7-17)20-15(22)13-10-14(21-19-11-13)12-4-2-1-3-5-12/h1-5,10-11H,6-9H2,(H2,18,23)(H,20,22). The predicted molar refractivity (Wildman–Crippen MR) is 86.9 cm³/mol. The molecule has 2 amide bonds. The number of nitrogens with one attached hydrogen (secondary N) is 1. The molecule has 1 aromatic carbocycles. The maximum atomic E-state index is 12.6. The van der Waals surface area contributed by atoms with Gasteiger partial charge in [0, 0.05) is 31.6 Å². The van der Waals surface area contributed by atoms with Crippen LogP contribution in [0, 0.1) is 0 Å². The number of hydrogen-bond acceptors (Lipinski definition) is 5. The van der Waals surface area contributed by atoms with Crippen molar-refractivity contribution < 1.29 is 14.3 Å². The molecule has 0 aliphatic carbocycles. The summed E-state index contributed by atoms with van der Waals surface area (Å²) in [6, 6.07) is 11.1. The van der Waals surface area contributed by atoms with Gasteiger partial charge in [0.1, 0.15) is 5.54 Å². The molecule has 1 saturated heterocycles. The lowest BCUT2D eigenvalue weighted by Gasteiger charge is -2.34. The third-order valence-corrected chi connectivity index (χ3v) is 4.16. The molecular weight excluding hydrogens is 308 g/mol. The van der Waals surface area contributed by atoms with Crippen LogP contribution in [0.3, 0.4) is 0 Å². The molecule has 0 unspecified atom stereocenters. The van der Waals surface area contributed by atoms with Crippen molar-refractivity contribution in [1.29, 1.82) is 0 Å². The van der Waals surface area contributed by atoms with Gasteiger partial charge in [-0.05, 0) is 6.07 Å². The molecule has 1 aromatic heterocycles. The lowest BCUT2D eigenvalue weighted by atomic mass is 9.89. The minimum atomic E-state index is -1.08. The summed E-state index contributed by atoms with van der Waals surface area (Å²) in [5.41, 5.74) is 6.21. The van der Waals surface area contributed by atoms with Gasteiger partial charge in [0.15, 0.2) is 0 Å². The molecule has 0 saturated carbocycles. The van der Waals surface area contributed by atoms with E-state index < -0.39 is 17.4 Å². The van der Waals surface area contributed by atoms with Gasteiger partial charge in [-0.25, -0.2) is 0 Å². The first-order chi connectivity index (χ1) is 11.6. The monoisotopic (exact) mass is 326 g/mol. The third-order valence-electron chi connectivity index (χ3n) is 4.16. The van der Waals surface area contributed by atoms with E-state index in [2.05, 4.69) is 15.5 Å². The first-order valence-corrected chi connectivity index (χ1v) is 7.69. The van der Waals surface area contributed by atoms with Gasteiger partial charge >= 0.3 is 0 Å². The van der Waals surface area contributed by atoms with Crippen LogP contribution in [-0.4, -0.2) is 40.8 Å². The second kappa shape index (κ2) is 6.76. The Labute approximate surface area is 139 Å². The molecule has 3 N–H and O–H groups in total. The fraction of sp³-hybridized carbons (Fsp3) is 0.294. The Morgan fingerprint density at radius 2 is 1.88 bits per heavy atom. The molecule has 2 aromatic rings. The van der Waals surface area contributed by atoms with Gasteiger partial charge in [-0.2, -0.15) is 10.2 Å². The number of nitrogens with zero attached hydrogens (tertiary/aromatic N) is 2. The first kappa shape index (κ1) is 16.1. The second-order valence-electron chi connectivity index (χ2n) is 5.71. The van der Waals surface area contributed by atoms with Crippen molar-refractivity contribution in [3.8, 4) is 11.3 Å². The molecule has 2 heterocycles. The summed E-state index contributed by atoms with van der Waals surface area (Å²) in [4.78, 5) is 24.4. The normalized spacial score (nSPS) is 16.3. The maximum absolute atomic E-state index is 12.6. The van der Waals surface area contributed by atoms with Gasteiger partial charge in [0.25, 0.3) is 5.91 Å². The summed E-state index contributed by atoms with van der Waals surface area (Å²) in [5, 5.41) is 10.7. The molecule has 1 aliphatic rings. The highest BCUT2D eigenvalue weighted by Gasteiger charge is 2.40. The average molecular weight is 326 g/mol. The number of carbonyl (C=O) groups is 2. The topological polar surface area (TPSA) is 107 Å². The Kier molecular flexibility index (Phi) is 4.52. The largest absolute Gasteiger partial charge is 0.381 e. The molecule has 124 valence electrons. The zero-order chi connectivity index (χ0) is 17.0. The molecule has 24 heavy (non-hydrogen) atoms. The smallest absolute Gasteiger partial charge is 0.253 e. The van der Waals surface area contributed by atoms with E-state index >= 15 is 0 Å². The van der Waals surface area contributed by atoms with E-state index in [1.54, 1.807) is 6.07 Å². The quantitative estimate of drug-likeness (QED) is 0.868. The Morgan fingerprint density at radius 1 is 1.17 bits per heavy atom. The number of carbonyl (C=O) groups excluding carboxylic acids is 2. The van der Waals surface area contributed by atoms with Crippen molar-refractivity contribution in [2.75, 3.05) is 13.2 Å². The van der Waals surface area contributed by atoms with E-state index in [0.29, 0.717) is 37.3 Å².